The van der Waals surface area contributed by atoms with Crippen molar-refractivity contribution in [3.05, 3.63) is 0 Å². The minimum Gasteiger partial charge on any atom is -0.481 e. The van der Waals surface area contributed by atoms with Crippen LogP contribution in [0.3, 0.4) is 0 Å². The van der Waals surface area contributed by atoms with Crippen LogP contribution in [0, 0.1) is 5.92 Å². The molecule has 2 atom stereocenters. The van der Waals surface area contributed by atoms with Crippen LogP contribution in [0.5, 0.6) is 0 Å². The molecule has 0 aliphatic rings. The summed E-state index contributed by atoms with van der Waals surface area (Å²) in [5.74, 6) is -0.539. The molecule has 0 aromatic rings. The average molecular weight is 159 g/mol. The fourth-order valence-electron chi connectivity index (χ4n) is 1.06. The number of aliphatic carboxylic acids is 1. The van der Waals surface area contributed by atoms with Gasteiger partial charge in [-0.2, -0.15) is 0 Å². The Morgan fingerprint density at radius 3 is 2.55 bits per heavy atom. The van der Waals surface area contributed by atoms with Crippen molar-refractivity contribution >= 4 is 5.97 Å². The summed E-state index contributed by atoms with van der Waals surface area (Å²) < 4.78 is 0. The zero-order chi connectivity index (χ0) is 8.85. The van der Waals surface area contributed by atoms with E-state index in [9.17, 15) is 4.79 Å². The predicted molar refractivity (Wildman–Crippen MR) is 44.3 cm³/mol. The van der Waals surface area contributed by atoms with Crippen LogP contribution in [0.15, 0.2) is 0 Å². The van der Waals surface area contributed by atoms with Crippen molar-refractivity contribution in [1.29, 1.82) is 0 Å². The number of carbonyl (C=O) groups is 1. The summed E-state index contributed by atoms with van der Waals surface area (Å²) in [7, 11) is 0. The van der Waals surface area contributed by atoms with E-state index in [0.29, 0.717) is 0 Å². The second kappa shape index (κ2) is 5.13. The SMILES string of the molecule is CC[C@@H](N)C[C@@H](C)CC(=O)O. The molecule has 0 spiro atoms. The lowest BCUT2D eigenvalue weighted by Crippen LogP contribution is -2.22. The molecule has 0 amide bonds. The monoisotopic (exact) mass is 159 g/mol. The third-order valence-electron chi connectivity index (χ3n) is 1.75. The minimum atomic E-state index is -0.735. The van der Waals surface area contributed by atoms with Gasteiger partial charge in [-0.3, -0.25) is 4.79 Å². The van der Waals surface area contributed by atoms with Gasteiger partial charge in [0, 0.05) is 12.5 Å². The summed E-state index contributed by atoms with van der Waals surface area (Å²) in [6, 6.07) is 0.157. The van der Waals surface area contributed by atoms with Gasteiger partial charge in [0.15, 0.2) is 0 Å². The summed E-state index contributed by atoms with van der Waals surface area (Å²) in [5, 5.41) is 8.43. The first-order chi connectivity index (χ1) is 5.06. The zero-order valence-electron chi connectivity index (χ0n) is 7.21. The quantitative estimate of drug-likeness (QED) is 0.634. The number of carboxylic acid groups (broad SMARTS) is 1. The molecule has 0 radical (unpaired) electrons. The Morgan fingerprint density at radius 2 is 2.18 bits per heavy atom. The lowest BCUT2D eigenvalue weighted by Gasteiger charge is -2.13. The maximum atomic E-state index is 10.2. The Balaban J connectivity index is 3.51. The third kappa shape index (κ3) is 5.85. The second-order valence-corrected chi connectivity index (χ2v) is 3.11. The fourth-order valence-corrected chi connectivity index (χ4v) is 1.06. The van der Waals surface area contributed by atoms with Crippen molar-refractivity contribution in [2.24, 2.45) is 11.7 Å². The van der Waals surface area contributed by atoms with Gasteiger partial charge in [0.25, 0.3) is 0 Å². The molecule has 0 saturated carbocycles. The molecular weight excluding hydrogens is 142 g/mol. The van der Waals surface area contributed by atoms with Crippen LogP contribution < -0.4 is 5.73 Å². The van der Waals surface area contributed by atoms with E-state index in [1.54, 1.807) is 0 Å². The number of nitrogens with two attached hydrogens (primary N) is 1. The van der Waals surface area contributed by atoms with Crippen molar-refractivity contribution in [3.63, 3.8) is 0 Å². The summed E-state index contributed by atoms with van der Waals surface area (Å²) in [6.45, 7) is 3.93. The van der Waals surface area contributed by atoms with Crippen LogP contribution >= 0.6 is 0 Å². The zero-order valence-corrected chi connectivity index (χ0v) is 7.21. The van der Waals surface area contributed by atoms with Gasteiger partial charge in [0.2, 0.25) is 0 Å². The topological polar surface area (TPSA) is 63.3 Å². The number of carboxylic acids is 1. The van der Waals surface area contributed by atoms with Gasteiger partial charge in [0.05, 0.1) is 0 Å². The van der Waals surface area contributed by atoms with Crippen LogP contribution in [0.4, 0.5) is 0 Å². The lowest BCUT2D eigenvalue weighted by molar-refractivity contribution is -0.138. The highest BCUT2D eigenvalue weighted by atomic mass is 16.4. The van der Waals surface area contributed by atoms with Gasteiger partial charge in [-0.15, -0.1) is 0 Å². The molecule has 0 aliphatic heterocycles. The molecule has 66 valence electrons. The molecule has 0 fully saturated rings. The van der Waals surface area contributed by atoms with Crippen molar-refractivity contribution < 1.29 is 9.90 Å². The Hall–Kier alpha value is -0.570. The highest BCUT2D eigenvalue weighted by molar-refractivity contribution is 5.66. The van der Waals surface area contributed by atoms with Gasteiger partial charge in [0.1, 0.15) is 0 Å². The summed E-state index contributed by atoms with van der Waals surface area (Å²) in [5.41, 5.74) is 5.66. The van der Waals surface area contributed by atoms with Crippen LogP contribution in [-0.4, -0.2) is 17.1 Å². The largest absolute Gasteiger partial charge is 0.481 e. The third-order valence-corrected chi connectivity index (χ3v) is 1.75. The first-order valence-electron chi connectivity index (χ1n) is 4.03. The maximum absolute atomic E-state index is 10.2. The predicted octanol–water partition coefficient (Wildman–Crippen LogP) is 1.22. The number of rotatable bonds is 5. The molecule has 3 N–H and O–H groups in total. The molecule has 0 aromatic carbocycles. The van der Waals surface area contributed by atoms with Crippen LogP contribution in [0.25, 0.3) is 0 Å². The van der Waals surface area contributed by atoms with Crippen molar-refractivity contribution in [3.8, 4) is 0 Å². The molecule has 0 aromatic heterocycles. The summed E-state index contributed by atoms with van der Waals surface area (Å²) in [4.78, 5) is 10.2. The second-order valence-electron chi connectivity index (χ2n) is 3.11. The van der Waals surface area contributed by atoms with Gasteiger partial charge in [-0.25, -0.2) is 0 Å². The highest BCUT2D eigenvalue weighted by Crippen LogP contribution is 2.10. The number of hydrogen-bond acceptors (Lipinski definition) is 2. The van der Waals surface area contributed by atoms with Crippen LogP contribution in [0.2, 0.25) is 0 Å². The van der Waals surface area contributed by atoms with Gasteiger partial charge in [-0.1, -0.05) is 13.8 Å². The van der Waals surface area contributed by atoms with E-state index in [-0.39, 0.29) is 18.4 Å². The van der Waals surface area contributed by atoms with E-state index in [2.05, 4.69) is 0 Å². The Morgan fingerprint density at radius 1 is 1.64 bits per heavy atom. The molecule has 0 rings (SSSR count). The molecule has 3 heteroatoms. The Labute approximate surface area is 67.6 Å². The van der Waals surface area contributed by atoms with Gasteiger partial charge >= 0.3 is 5.97 Å². The summed E-state index contributed by atoms with van der Waals surface area (Å²) >= 11 is 0. The molecular formula is C8H17NO2. The van der Waals surface area contributed by atoms with Crippen LogP contribution in [0.1, 0.15) is 33.1 Å². The van der Waals surface area contributed by atoms with Crippen molar-refractivity contribution in [1.82, 2.24) is 0 Å². The van der Waals surface area contributed by atoms with E-state index in [0.717, 1.165) is 12.8 Å². The number of hydrogen-bond donors (Lipinski definition) is 2. The van der Waals surface area contributed by atoms with Crippen molar-refractivity contribution in [2.75, 3.05) is 0 Å². The fraction of sp³-hybridized carbons (Fsp3) is 0.875. The van der Waals surface area contributed by atoms with Gasteiger partial charge in [-0.05, 0) is 18.8 Å². The normalized spacial score (nSPS) is 15.9. The molecule has 0 unspecified atom stereocenters. The van der Waals surface area contributed by atoms with E-state index in [1.165, 1.54) is 0 Å². The first kappa shape index (κ1) is 10.4. The van der Waals surface area contributed by atoms with Gasteiger partial charge < -0.3 is 10.8 Å². The molecule has 0 bridgehead atoms. The molecule has 0 saturated heterocycles. The highest BCUT2D eigenvalue weighted by Gasteiger charge is 2.10. The maximum Gasteiger partial charge on any atom is 0.303 e. The van der Waals surface area contributed by atoms with Crippen LogP contribution in [-0.2, 0) is 4.79 Å². The van der Waals surface area contributed by atoms with E-state index in [1.807, 2.05) is 13.8 Å². The molecule has 0 heterocycles. The minimum absolute atomic E-state index is 0.157. The molecule has 3 nitrogen and oxygen atoms in total. The molecule has 11 heavy (non-hydrogen) atoms. The van der Waals surface area contributed by atoms with E-state index in [4.69, 9.17) is 10.8 Å². The smallest absolute Gasteiger partial charge is 0.303 e. The van der Waals surface area contributed by atoms with E-state index >= 15 is 0 Å². The summed E-state index contributed by atoms with van der Waals surface area (Å²) in [6.07, 6.45) is 1.96. The molecule has 0 aliphatic carbocycles. The standard InChI is InChI=1S/C8H17NO2/c1-3-7(9)4-6(2)5-8(10)11/h6-7H,3-5,9H2,1-2H3,(H,10,11)/t6-,7-/m1/s1. The Kier molecular flexibility index (Phi) is 4.86. The lowest BCUT2D eigenvalue weighted by atomic mass is 9.98. The van der Waals surface area contributed by atoms with Crippen molar-refractivity contribution in [2.45, 2.75) is 39.2 Å². The van der Waals surface area contributed by atoms with E-state index < -0.39 is 5.97 Å². The Bertz CT molecular complexity index is 125. The first-order valence-corrected chi connectivity index (χ1v) is 4.03. The average Bonchev–Trinajstić information content (AvgIpc) is 1.85.